The van der Waals surface area contributed by atoms with Crippen molar-refractivity contribution in [1.82, 2.24) is 0 Å². The molecule has 226 valence electrons. The Morgan fingerprint density at radius 2 is 1.23 bits per heavy atom. The molecular weight excluding hydrogens is 514 g/mol. The average molecular weight is 564 g/mol. The smallest absolute Gasteiger partial charge is 0.323 e. The van der Waals surface area contributed by atoms with E-state index in [4.69, 9.17) is 24.7 Å². The standard InChI is InChI=1S/C31H49NO8/c1-8-10-12-14-28(33)39-26-17-16-24(19-27(26)40-29(34)15-13-11-9-2)18-25(32)31(36)38-23(7)22(6)37-30(35)21(5)20(3)4/h16-17,19-23,25H,8-15,18,32H2,1-7H3/t21?,22?,23-,25-/m0/s1. The van der Waals surface area contributed by atoms with Crippen LogP contribution < -0.4 is 15.2 Å². The zero-order chi connectivity index (χ0) is 30.2. The molecule has 0 radical (unpaired) electrons. The molecule has 1 aromatic rings. The zero-order valence-electron chi connectivity index (χ0n) is 25.3. The summed E-state index contributed by atoms with van der Waals surface area (Å²) in [6, 6.07) is 3.74. The summed E-state index contributed by atoms with van der Waals surface area (Å²) in [5.41, 5.74) is 6.73. The second-order valence-electron chi connectivity index (χ2n) is 10.8. The molecule has 0 aromatic heterocycles. The van der Waals surface area contributed by atoms with Gasteiger partial charge < -0.3 is 24.7 Å². The van der Waals surface area contributed by atoms with Crippen molar-refractivity contribution >= 4 is 23.9 Å². The molecule has 2 N–H and O–H groups in total. The zero-order valence-corrected chi connectivity index (χ0v) is 25.3. The lowest BCUT2D eigenvalue weighted by molar-refractivity contribution is -0.169. The summed E-state index contributed by atoms with van der Waals surface area (Å²) >= 11 is 0. The molecule has 0 amide bonds. The molecule has 0 aliphatic heterocycles. The van der Waals surface area contributed by atoms with Crippen LogP contribution in [0.3, 0.4) is 0 Å². The second-order valence-corrected chi connectivity index (χ2v) is 10.8. The highest BCUT2D eigenvalue weighted by molar-refractivity contribution is 5.77. The van der Waals surface area contributed by atoms with Crippen molar-refractivity contribution < 1.29 is 38.1 Å². The molecule has 0 heterocycles. The van der Waals surface area contributed by atoms with E-state index >= 15 is 0 Å². The predicted molar refractivity (Wildman–Crippen MR) is 153 cm³/mol. The van der Waals surface area contributed by atoms with Crippen molar-refractivity contribution in [3.63, 3.8) is 0 Å². The molecule has 1 rings (SSSR count). The maximum absolute atomic E-state index is 12.7. The molecule has 40 heavy (non-hydrogen) atoms. The van der Waals surface area contributed by atoms with Crippen molar-refractivity contribution in [3.05, 3.63) is 23.8 Å². The van der Waals surface area contributed by atoms with E-state index in [1.165, 1.54) is 0 Å². The van der Waals surface area contributed by atoms with E-state index in [9.17, 15) is 19.2 Å². The molecule has 0 aliphatic carbocycles. The Kier molecular flexibility index (Phi) is 16.2. The van der Waals surface area contributed by atoms with Crippen LogP contribution >= 0.6 is 0 Å². The molecule has 9 heteroatoms. The number of carbonyl (C=O) groups excluding carboxylic acids is 4. The topological polar surface area (TPSA) is 131 Å². The Balaban J connectivity index is 2.90. The van der Waals surface area contributed by atoms with Crippen LogP contribution in [0, 0.1) is 11.8 Å². The summed E-state index contributed by atoms with van der Waals surface area (Å²) in [5.74, 6) is -1.74. The number of nitrogens with two attached hydrogens (primary N) is 1. The van der Waals surface area contributed by atoms with E-state index in [1.807, 2.05) is 27.7 Å². The number of hydrogen-bond donors (Lipinski definition) is 1. The van der Waals surface area contributed by atoms with Crippen LogP contribution in [0.2, 0.25) is 0 Å². The summed E-state index contributed by atoms with van der Waals surface area (Å²) in [6.45, 7) is 13.1. The third-order valence-corrected chi connectivity index (χ3v) is 6.82. The Morgan fingerprint density at radius 3 is 1.73 bits per heavy atom. The lowest BCUT2D eigenvalue weighted by Gasteiger charge is -2.24. The minimum atomic E-state index is -1.02. The van der Waals surface area contributed by atoms with Gasteiger partial charge in [0, 0.05) is 12.8 Å². The minimum Gasteiger partial charge on any atom is -0.459 e. The van der Waals surface area contributed by atoms with Gasteiger partial charge in [-0.3, -0.25) is 19.2 Å². The van der Waals surface area contributed by atoms with Gasteiger partial charge in [0.15, 0.2) is 11.5 Å². The molecule has 4 atom stereocenters. The van der Waals surface area contributed by atoms with Crippen LogP contribution in [-0.4, -0.2) is 42.1 Å². The van der Waals surface area contributed by atoms with E-state index < -0.39 is 36.2 Å². The summed E-state index contributed by atoms with van der Waals surface area (Å²) in [4.78, 5) is 49.7. The van der Waals surface area contributed by atoms with Crippen LogP contribution in [0.15, 0.2) is 18.2 Å². The maximum atomic E-state index is 12.7. The molecule has 1 aromatic carbocycles. The Labute approximate surface area is 239 Å². The van der Waals surface area contributed by atoms with Gasteiger partial charge >= 0.3 is 23.9 Å². The molecule has 9 nitrogen and oxygen atoms in total. The van der Waals surface area contributed by atoms with Gasteiger partial charge in [-0.15, -0.1) is 0 Å². The largest absolute Gasteiger partial charge is 0.459 e. The van der Waals surface area contributed by atoms with E-state index in [0.717, 1.165) is 25.7 Å². The van der Waals surface area contributed by atoms with E-state index in [2.05, 4.69) is 0 Å². The number of ether oxygens (including phenoxy) is 4. The normalized spacial score (nSPS) is 14.1. The monoisotopic (exact) mass is 563 g/mol. The van der Waals surface area contributed by atoms with Crippen LogP contribution in [0.25, 0.3) is 0 Å². The van der Waals surface area contributed by atoms with Crippen molar-refractivity contribution in [2.45, 2.75) is 125 Å². The van der Waals surface area contributed by atoms with Crippen molar-refractivity contribution in [3.8, 4) is 11.5 Å². The van der Waals surface area contributed by atoms with E-state index in [1.54, 1.807) is 39.0 Å². The van der Waals surface area contributed by atoms with Crippen LogP contribution in [0.1, 0.15) is 105 Å². The number of rotatable bonds is 18. The molecule has 0 saturated carbocycles. The fourth-order valence-electron chi connectivity index (χ4n) is 3.59. The molecule has 0 bridgehead atoms. The highest BCUT2D eigenvalue weighted by Crippen LogP contribution is 2.30. The molecular formula is C31H49NO8. The first-order valence-electron chi connectivity index (χ1n) is 14.6. The van der Waals surface area contributed by atoms with Gasteiger partial charge in [0.05, 0.1) is 5.92 Å². The maximum Gasteiger partial charge on any atom is 0.323 e. The van der Waals surface area contributed by atoms with Gasteiger partial charge in [-0.1, -0.05) is 66.4 Å². The Morgan fingerprint density at radius 1 is 0.725 bits per heavy atom. The highest BCUT2D eigenvalue weighted by atomic mass is 16.6. The third-order valence-electron chi connectivity index (χ3n) is 6.82. The highest BCUT2D eigenvalue weighted by Gasteiger charge is 2.27. The van der Waals surface area contributed by atoms with E-state index in [-0.39, 0.29) is 48.6 Å². The quantitative estimate of drug-likeness (QED) is 0.136. The average Bonchev–Trinajstić information content (AvgIpc) is 2.89. The lowest BCUT2D eigenvalue weighted by Crippen LogP contribution is -2.40. The van der Waals surface area contributed by atoms with Gasteiger partial charge in [-0.25, -0.2) is 0 Å². The van der Waals surface area contributed by atoms with Crippen molar-refractivity contribution in [1.29, 1.82) is 0 Å². The van der Waals surface area contributed by atoms with Gasteiger partial charge in [-0.2, -0.15) is 0 Å². The fourth-order valence-corrected chi connectivity index (χ4v) is 3.59. The lowest BCUT2D eigenvalue weighted by atomic mass is 9.98. The van der Waals surface area contributed by atoms with Gasteiger partial charge in [-0.05, 0) is 56.7 Å². The van der Waals surface area contributed by atoms with Crippen LogP contribution in [-0.2, 0) is 35.1 Å². The summed E-state index contributed by atoms with van der Waals surface area (Å²) in [7, 11) is 0. The van der Waals surface area contributed by atoms with Gasteiger partial charge in [0.2, 0.25) is 0 Å². The first kappa shape index (κ1) is 35.1. The number of hydrogen-bond acceptors (Lipinski definition) is 9. The molecule has 0 aliphatic rings. The second kappa shape index (κ2) is 18.4. The number of carbonyl (C=O) groups is 4. The molecule has 2 unspecified atom stereocenters. The SMILES string of the molecule is CCCCCC(=O)Oc1ccc(C[C@H](N)C(=O)O[C@@H](C)C(C)OC(=O)C(C)C(C)C)cc1OC(=O)CCCCC. The minimum absolute atomic E-state index is 0.0925. The van der Waals surface area contributed by atoms with Crippen molar-refractivity contribution in [2.75, 3.05) is 0 Å². The molecule has 0 spiro atoms. The summed E-state index contributed by atoms with van der Waals surface area (Å²) < 4.78 is 22.0. The molecule has 0 saturated heterocycles. The van der Waals surface area contributed by atoms with Crippen LogP contribution in [0.5, 0.6) is 11.5 Å². The first-order chi connectivity index (χ1) is 18.9. The summed E-state index contributed by atoms with van der Waals surface area (Å²) in [5, 5.41) is 0. The number of esters is 4. The predicted octanol–water partition coefficient (Wildman–Crippen LogP) is 5.68. The Hall–Kier alpha value is -2.94. The van der Waals surface area contributed by atoms with Crippen molar-refractivity contribution in [2.24, 2.45) is 17.6 Å². The van der Waals surface area contributed by atoms with E-state index in [0.29, 0.717) is 18.4 Å². The van der Waals surface area contributed by atoms with Crippen LogP contribution in [0.4, 0.5) is 0 Å². The third kappa shape index (κ3) is 12.9. The summed E-state index contributed by atoms with van der Waals surface area (Å²) in [6.07, 6.45) is 4.42. The number of benzene rings is 1. The van der Waals surface area contributed by atoms with Gasteiger partial charge in [0.1, 0.15) is 18.2 Å². The fraction of sp³-hybridized carbons (Fsp3) is 0.677. The molecule has 0 fully saturated rings. The number of unbranched alkanes of at least 4 members (excludes halogenated alkanes) is 4. The first-order valence-corrected chi connectivity index (χ1v) is 14.6. The van der Waals surface area contributed by atoms with Gasteiger partial charge in [0.25, 0.3) is 0 Å². The Bertz CT molecular complexity index is 961.